The fourth-order valence-corrected chi connectivity index (χ4v) is 1.94. The lowest BCUT2D eigenvalue weighted by Gasteiger charge is -2.12. The smallest absolute Gasteiger partial charge is 0.120 e. The Morgan fingerprint density at radius 2 is 2.21 bits per heavy atom. The van der Waals surface area contributed by atoms with E-state index in [2.05, 4.69) is 5.32 Å². The summed E-state index contributed by atoms with van der Waals surface area (Å²) in [7, 11) is 0. The first kappa shape index (κ1) is 11.6. The molecular weight excluding hydrogens is 221 g/mol. The molecule has 14 heavy (non-hydrogen) atoms. The number of rotatable bonds is 1. The molecule has 0 spiro atoms. The van der Waals surface area contributed by atoms with Crippen LogP contribution in [0.15, 0.2) is 18.2 Å². The second-order valence-corrected chi connectivity index (χ2v) is 3.79. The summed E-state index contributed by atoms with van der Waals surface area (Å²) in [6.45, 7) is 1.02. The molecule has 0 aliphatic carbocycles. The highest BCUT2D eigenvalue weighted by Crippen LogP contribution is 2.31. The molecule has 0 unspecified atom stereocenters. The van der Waals surface area contributed by atoms with E-state index in [1.54, 1.807) is 12.1 Å². The largest absolute Gasteiger partial charge is 0.508 e. The molecule has 0 saturated carbocycles. The van der Waals surface area contributed by atoms with Crippen LogP contribution in [-0.4, -0.2) is 11.7 Å². The van der Waals surface area contributed by atoms with Gasteiger partial charge in [0.05, 0.1) is 0 Å². The van der Waals surface area contributed by atoms with E-state index in [-0.39, 0.29) is 18.4 Å². The van der Waals surface area contributed by atoms with Crippen LogP contribution in [0.3, 0.4) is 0 Å². The molecule has 0 bridgehead atoms. The second-order valence-electron chi connectivity index (χ2n) is 3.35. The van der Waals surface area contributed by atoms with Crippen molar-refractivity contribution in [1.29, 1.82) is 0 Å². The number of phenols is 1. The number of halogens is 2. The average molecular weight is 234 g/mol. The van der Waals surface area contributed by atoms with Crippen molar-refractivity contribution in [2.45, 2.75) is 18.9 Å². The van der Waals surface area contributed by atoms with E-state index in [0.717, 1.165) is 24.9 Å². The van der Waals surface area contributed by atoms with E-state index < -0.39 is 0 Å². The molecule has 0 radical (unpaired) electrons. The number of hydrogen-bond donors (Lipinski definition) is 2. The topological polar surface area (TPSA) is 32.3 Å². The Hall–Kier alpha value is -0.440. The van der Waals surface area contributed by atoms with Crippen LogP contribution >= 0.6 is 24.0 Å². The number of benzene rings is 1. The van der Waals surface area contributed by atoms with Crippen LogP contribution in [-0.2, 0) is 0 Å². The molecule has 1 aromatic rings. The third kappa shape index (κ3) is 2.32. The summed E-state index contributed by atoms with van der Waals surface area (Å²) >= 11 is 5.86. The zero-order chi connectivity index (χ0) is 9.26. The molecule has 2 rings (SSSR count). The number of hydrogen-bond acceptors (Lipinski definition) is 2. The van der Waals surface area contributed by atoms with Gasteiger partial charge in [-0.25, -0.2) is 0 Å². The quantitative estimate of drug-likeness (QED) is 0.783. The van der Waals surface area contributed by atoms with Crippen molar-refractivity contribution >= 4 is 24.0 Å². The molecular formula is C10H13Cl2NO. The van der Waals surface area contributed by atoms with Gasteiger partial charge in [0.2, 0.25) is 0 Å². The highest BCUT2D eigenvalue weighted by molar-refractivity contribution is 6.30. The van der Waals surface area contributed by atoms with E-state index in [4.69, 9.17) is 11.6 Å². The summed E-state index contributed by atoms with van der Waals surface area (Å²) in [5.74, 6) is 0.337. The van der Waals surface area contributed by atoms with Crippen LogP contribution in [0.1, 0.15) is 24.4 Å². The molecule has 1 aliphatic rings. The van der Waals surface area contributed by atoms with Crippen LogP contribution < -0.4 is 5.32 Å². The highest BCUT2D eigenvalue weighted by atomic mass is 35.5. The molecule has 1 atom stereocenters. The Labute approximate surface area is 94.7 Å². The fraction of sp³-hybridized carbons (Fsp3) is 0.400. The molecule has 1 saturated heterocycles. The summed E-state index contributed by atoms with van der Waals surface area (Å²) < 4.78 is 0. The lowest BCUT2D eigenvalue weighted by atomic mass is 10.0. The molecule has 1 fully saturated rings. The molecule has 0 amide bonds. The lowest BCUT2D eigenvalue weighted by molar-refractivity contribution is 0.457. The summed E-state index contributed by atoms with van der Waals surface area (Å²) in [5.41, 5.74) is 0.921. The first-order chi connectivity index (χ1) is 6.27. The van der Waals surface area contributed by atoms with Crippen LogP contribution in [0.4, 0.5) is 0 Å². The maximum Gasteiger partial charge on any atom is 0.120 e. The van der Waals surface area contributed by atoms with Crippen molar-refractivity contribution in [3.05, 3.63) is 28.8 Å². The van der Waals surface area contributed by atoms with Crippen molar-refractivity contribution < 1.29 is 5.11 Å². The molecule has 0 aromatic heterocycles. The van der Waals surface area contributed by atoms with Gasteiger partial charge in [0, 0.05) is 16.6 Å². The van der Waals surface area contributed by atoms with Crippen molar-refractivity contribution in [2.24, 2.45) is 0 Å². The van der Waals surface area contributed by atoms with Crippen LogP contribution in [0.5, 0.6) is 5.75 Å². The van der Waals surface area contributed by atoms with Crippen molar-refractivity contribution in [2.75, 3.05) is 6.54 Å². The highest BCUT2D eigenvalue weighted by Gasteiger charge is 2.19. The van der Waals surface area contributed by atoms with Crippen LogP contribution in [0.25, 0.3) is 0 Å². The van der Waals surface area contributed by atoms with Gasteiger partial charge in [-0.15, -0.1) is 12.4 Å². The summed E-state index contributed by atoms with van der Waals surface area (Å²) in [4.78, 5) is 0. The Balaban J connectivity index is 0.000000980. The molecule has 4 heteroatoms. The van der Waals surface area contributed by atoms with Gasteiger partial charge in [-0.05, 0) is 37.6 Å². The standard InChI is InChI=1S/C10H12ClNO.ClH/c11-7-3-4-10(13)8(6-7)9-2-1-5-12-9;/h3-4,6,9,12-13H,1-2,5H2;1H/t9-;/m0./s1. The SMILES string of the molecule is Cl.Oc1ccc(Cl)cc1[C@@H]1CCCN1. The van der Waals surface area contributed by atoms with E-state index in [9.17, 15) is 5.11 Å². The van der Waals surface area contributed by atoms with Crippen molar-refractivity contribution in [1.82, 2.24) is 5.32 Å². The van der Waals surface area contributed by atoms with Gasteiger partial charge in [0.1, 0.15) is 5.75 Å². The molecule has 1 aliphatic heterocycles. The molecule has 1 aromatic carbocycles. The van der Waals surface area contributed by atoms with Crippen molar-refractivity contribution in [3.63, 3.8) is 0 Å². The Kier molecular flexibility index (Phi) is 4.05. The van der Waals surface area contributed by atoms with E-state index in [0.29, 0.717) is 10.8 Å². The van der Waals surface area contributed by atoms with Gasteiger partial charge in [0.25, 0.3) is 0 Å². The zero-order valence-electron chi connectivity index (χ0n) is 7.66. The Morgan fingerprint density at radius 1 is 1.43 bits per heavy atom. The predicted molar refractivity (Wildman–Crippen MR) is 60.3 cm³/mol. The summed E-state index contributed by atoms with van der Waals surface area (Å²) in [6.07, 6.45) is 2.24. The summed E-state index contributed by atoms with van der Waals surface area (Å²) in [5, 5.41) is 13.6. The average Bonchev–Trinajstić information content (AvgIpc) is 2.61. The third-order valence-electron chi connectivity index (χ3n) is 2.43. The summed E-state index contributed by atoms with van der Waals surface area (Å²) in [6, 6.07) is 5.46. The Bertz CT molecular complexity index is 311. The van der Waals surface area contributed by atoms with Gasteiger partial charge < -0.3 is 10.4 Å². The van der Waals surface area contributed by atoms with E-state index in [1.165, 1.54) is 0 Å². The van der Waals surface area contributed by atoms with Crippen LogP contribution in [0.2, 0.25) is 5.02 Å². The normalized spacial score (nSPS) is 20.5. The second kappa shape index (κ2) is 4.87. The van der Waals surface area contributed by atoms with Crippen LogP contribution in [0, 0.1) is 0 Å². The third-order valence-corrected chi connectivity index (χ3v) is 2.66. The minimum atomic E-state index is 0. The molecule has 2 nitrogen and oxygen atoms in total. The van der Waals surface area contributed by atoms with Gasteiger partial charge in [-0.1, -0.05) is 11.6 Å². The monoisotopic (exact) mass is 233 g/mol. The molecule has 2 N–H and O–H groups in total. The molecule has 78 valence electrons. The fourth-order valence-electron chi connectivity index (χ4n) is 1.75. The maximum atomic E-state index is 9.60. The first-order valence-corrected chi connectivity index (χ1v) is 4.87. The zero-order valence-corrected chi connectivity index (χ0v) is 9.24. The van der Waals surface area contributed by atoms with Gasteiger partial charge in [-0.3, -0.25) is 0 Å². The number of nitrogens with one attached hydrogen (secondary N) is 1. The molecule has 1 heterocycles. The number of aromatic hydroxyl groups is 1. The van der Waals surface area contributed by atoms with Gasteiger partial charge in [-0.2, -0.15) is 0 Å². The van der Waals surface area contributed by atoms with Gasteiger partial charge >= 0.3 is 0 Å². The Morgan fingerprint density at radius 3 is 2.86 bits per heavy atom. The van der Waals surface area contributed by atoms with Crippen molar-refractivity contribution in [3.8, 4) is 5.75 Å². The minimum Gasteiger partial charge on any atom is -0.508 e. The van der Waals surface area contributed by atoms with E-state index >= 15 is 0 Å². The lowest BCUT2D eigenvalue weighted by Crippen LogP contribution is -2.12. The minimum absolute atomic E-state index is 0. The predicted octanol–water partition coefficient (Wildman–Crippen LogP) is 2.89. The van der Waals surface area contributed by atoms with Gasteiger partial charge in [0.15, 0.2) is 0 Å². The number of phenolic OH excluding ortho intramolecular Hbond substituents is 1. The van der Waals surface area contributed by atoms with E-state index in [1.807, 2.05) is 6.07 Å². The maximum absolute atomic E-state index is 9.60. The first-order valence-electron chi connectivity index (χ1n) is 4.49.